The van der Waals surface area contributed by atoms with E-state index in [1.807, 2.05) is 0 Å². The summed E-state index contributed by atoms with van der Waals surface area (Å²) in [6.45, 7) is 0.0768. The second-order valence-electron chi connectivity index (χ2n) is 4.17. The largest absolute Gasteiger partial charge is 0.337 e. The van der Waals surface area contributed by atoms with Gasteiger partial charge in [0.25, 0.3) is 0 Å². The first-order valence-electron chi connectivity index (χ1n) is 5.32. The van der Waals surface area contributed by atoms with Crippen LogP contribution in [-0.2, 0) is 21.6 Å². The maximum absolute atomic E-state index is 12.8. The third-order valence-corrected chi connectivity index (χ3v) is 4.38. The SMILES string of the molecule is O=C1CC(S(=O)(=O)F)CN1Cc1ccccc1Cl. The van der Waals surface area contributed by atoms with E-state index in [0.717, 1.165) is 0 Å². The van der Waals surface area contributed by atoms with Gasteiger partial charge in [-0.05, 0) is 11.6 Å². The van der Waals surface area contributed by atoms with E-state index >= 15 is 0 Å². The number of hydrogen-bond acceptors (Lipinski definition) is 3. The standard InChI is InChI=1S/C11H11ClFNO3S/c12-10-4-2-1-3-8(10)6-14-7-9(5-11(14)15)18(13,16)17/h1-4,9H,5-7H2. The summed E-state index contributed by atoms with van der Waals surface area (Å²) in [5, 5.41) is -0.760. The van der Waals surface area contributed by atoms with E-state index in [0.29, 0.717) is 10.6 Å². The maximum atomic E-state index is 12.8. The van der Waals surface area contributed by atoms with Gasteiger partial charge in [0.05, 0.1) is 0 Å². The number of benzene rings is 1. The first-order chi connectivity index (χ1) is 8.38. The molecule has 1 saturated heterocycles. The lowest BCUT2D eigenvalue weighted by Crippen LogP contribution is -2.26. The molecule has 1 aliphatic heterocycles. The Balaban J connectivity index is 2.13. The zero-order valence-corrected chi connectivity index (χ0v) is 10.9. The van der Waals surface area contributed by atoms with Crippen molar-refractivity contribution in [1.29, 1.82) is 0 Å². The highest BCUT2D eigenvalue weighted by atomic mass is 35.5. The van der Waals surface area contributed by atoms with Crippen molar-refractivity contribution in [2.45, 2.75) is 18.2 Å². The van der Waals surface area contributed by atoms with Gasteiger partial charge in [0.2, 0.25) is 5.91 Å². The Bertz CT molecular complexity index is 575. The number of hydrogen-bond donors (Lipinski definition) is 0. The summed E-state index contributed by atoms with van der Waals surface area (Å²) in [5.74, 6) is -0.374. The van der Waals surface area contributed by atoms with Crippen molar-refractivity contribution in [2.24, 2.45) is 0 Å². The van der Waals surface area contributed by atoms with E-state index in [1.165, 1.54) is 4.90 Å². The summed E-state index contributed by atoms with van der Waals surface area (Å²) in [6.07, 6.45) is -0.302. The van der Waals surface area contributed by atoms with Gasteiger partial charge in [0, 0.05) is 24.5 Å². The zero-order chi connectivity index (χ0) is 13.3. The Hall–Kier alpha value is -1.14. The molecule has 2 rings (SSSR count). The summed E-state index contributed by atoms with van der Waals surface area (Å²) in [4.78, 5) is 12.9. The summed E-state index contributed by atoms with van der Waals surface area (Å²) in [6, 6.07) is 6.95. The molecule has 7 heteroatoms. The van der Waals surface area contributed by atoms with Crippen molar-refractivity contribution in [3.8, 4) is 0 Å². The van der Waals surface area contributed by atoms with Crippen LogP contribution in [0.15, 0.2) is 24.3 Å². The number of amides is 1. The molecule has 0 spiro atoms. The molecular weight excluding hydrogens is 281 g/mol. The zero-order valence-electron chi connectivity index (χ0n) is 9.34. The quantitative estimate of drug-likeness (QED) is 0.797. The number of carbonyl (C=O) groups is 1. The molecule has 1 unspecified atom stereocenters. The Morgan fingerprint density at radius 1 is 1.39 bits per heavy atom. The van der Waals surface area contributed by atoms with Crippen LogP contribution in [0.1, 0.15) is 12.0 Å². The van der Waals surface area contributed by atoms with Crippen LogP contribution in [0.4, 0.5) is 3.89 Å². The number of halogens is 2. The lowest BCUT2D eigenvalue weighted by atomic mass is 10.2. The third-order valence-electron chi connectivity index (χ3n) is 2.90. The van der Waals surface area contributed by atoms with E-state index in [1.54, 1.807) is 24.3 Å². The van der Waals surface area contributed by atoms with Crippen molar-refractivity contribution < 1.29 is 17.1 Å². The fraction of sp³-hybridized carbons (Fsp3) is 0.364. The second kappa shape index (κ2) is 4.85. The van der Waals surface area contributed by atoms with E-state index < -0.39 is 15.5 Å². The van der Waals surface area contributed by atoms with Gasteiger partial charge >= 0.3 is 10.2 Å². The van der Waals surface area contributed by atoms with Crippen LogP contribution in [0.2, 0.25) is 5.02 Å². The lowest BCUT2D eigenvalue weighted by molar-refractivity contribution is -0.128. The summed E-state index contributed by atoms with van der Waals surface area (Å²) < 4.78 is 34.4. The monoisotopic (exact) mass is 291 g/mol. The van der Waals surface area contributed by atoms with Crippen LogP contribution >= 0.6 is 11.6 Å². The first kappa shape index (κ1) is 13.3. The van der Waals surface area contributed by atoms with Crippen LogP contribution in [-0.4, -0.2) is 31.0 Å². The summed E-state index contributed by atoms with van der Waals surface area (Å²) in [7, 11) is -4.67. The van der Waals surface area contributed by atoms with Gasteiger partial charge in [-0.1, -0.05) is 29.8 Å². The van der Waals surface area contributed by atoms with E-state index in [-0.39, 0.29) is 25.4 Å². The summed E-state index contributed by atoms with van der Waals surface area (Å²) >= 11 is 5.95. The van der Waals surface area contributed by atoms with Crippen LogP contribution in [0.3, 0.4) is 0 Å². The molecule has 1 heterocycles. The third kappa shape index (κ3) is 2.81. The average molecular weight is 292 g/mol. The Morgan fingerprint density at radius 3 is 2.61 bits per heavy atom. The molecule has 1 atom stereocenters. The fourth-order valence-corrected chi connectivity index (χ4v) is 2.80. The molecule has 0 saturated carbocycles. The van der Waals surface area contributed by atoms with Crippen LogP contribution in [0, 0.1) is 0 Å². The molecule has 0 N–H and O–H groups in total. The van der Waals surface area contributed by atoms with Gasteiger partial charge < -0.3 is 4.90 Å². The van der Waals surface area contributed by atoms with Gasteiger partial charge in [0.15, 0.2) is 0 Å². The molecule has 0 bridgehead atoms. The molecule has 1 amide bonds. The Labute approximate surface area is 110 Å². The minimum atomic E-state index is -4.67. The minimum absolute atomic E-state index is 0.122. The molecule has 0 aromatic heterocycles. The van der Waals surface area contributed by atoms with Crippen LogP contribution in [0.5, 0.6) is 0 Å². The molecule has 18 heavy (non-hydrogen) atoms. The number of likely N-dealkylation sites (tertiary alicyclic amines) is 1. The number of nitrogens with zero attached hydrogens (tertiary/aromatic N) is 1. The van der Waals surface area contributed by atoms with Gasteiger partial charge in [0.1, 0.15) is 5.25 Å². The highest BCUT2D eigenvalue weighted by molar-refractivity contribution is 7.87. The van der Waals surface area contributed by atoms with E-state index in [4.69, 9.17) is 11.6 Å². The molecule has 98 valence electrons. The minimum Gasteiger partial charge on any atom is -0.337 e. The van der Waals surface area contributed by atoms with Gasteiger partial charge in [-0.15, -0.1) is 3.89 Å². The topological polar surface area (TPSA) is 54.5 Å². The second-order valence-corrected chi connectivity index (χ2v) is 6.19. The number of rotatable bonds is 3. The summed E-state index contributed by atoms with van der Waals surface area (Å²) in [5.41, 5.74) is 0.712. The van der Waals surface area contributed by atoms with Crippen LogP contribution < -0.4 is 0 Å². The molecule has 0 aliphatic carbocycles. The molecular formula is C11H11ClFNO3S. The molecule has 1 aromatic rings. The fourth-order valence-electron chi connectivity index (χ4n) is 1.91. The lowest BCUT2D eigenvalue weighted by Gasteiger charge is -2.16. The van der Waals surface area contributed by atoms with Crippen molar-refractivity contribution in [3.63, 3.8) is 0 Å². The first-order valence-corrected chi connectivity index (χ1v) is 7.15. The number of carbonyl (C=O) groups excluding carboxylic acids is 1. The maximum Gasteiger partial charge on any atom is 0.307 e. The van der Waals surface area contributed by atoms with Gasteiger partial charge in [-0.3, -0.25) is 4.79 Å². The molecule has 0 radical (unpaired) electrons. The Kier molecular flexibility index (Phi) is 3.59. The highest BCUT2D eigenvalue weighted by Gasteiger charge is 2.38. The van der Waals surface area contributed by atoms with Crippen LogP contribution in [0.25, 0.3) is 0 Å². The van der Waals surface area contributed by atoms with Crippen molar-refractivity contribution in [1.82, 2.24) is 4.90 Å². The highest BCUT2D eigenvalue weighted by Crippen LogP contribution is 2.24. The smallest absolute Gasteiger partial charge is 0.307 e. The van der Waals surface area contributed by atoms with Gasteiger partial charge in [-0.2, -0.15) is 8.42 Å². The molecule has 1 aromatic carbocycles. The predicted molar refractivity (Wildman–Crippen MR) is 65.3 cm³/mol. The van der Waals surface area contributed by atoms with E-state index in [9.17, 15) is 17.1 Å². The molecule has 4 nitrogen and oxygen atoms in total. The predicted octanol–water partition coefficient (Wildman–Crippen LogP) is 1.74. The van der Waals surface area contributed by atoms with E-state index in [2.05, 4.69) is 0 Å². The normalized spacial score (nSPS) is 20.4. The van der Waals surface area contributed by atoms with Crippen molar-refractivity contribution in [2.75, 3.05) is 6.54 Å². The van der Waals surface area contributed by atoms with Crippen molar-refractivity contribution in [3.05, 3.63) is 34.9 Å². The molecule has 1 aliphatic rings. The average Bonchev–Trinajstić information content (AvgIpc) is 2.63. The molecule has 1 fully saturated rings. The Morgan fingerprint density at radius 2 is 2.06 bits per heavy atom. The van der Waals surface area contributed by atoms with Crippen molar-refractivity contribution >= 4 is 27.7 Å². The van der Waals surface area contributed by atoms with Gasteiger partial charge in [-0.25, -0.2) is 0 Å².